The number of aryl methyl sites for hydroxylation is 1. The van der Waals surface area contributed by atoms with Crippen molar-refractivity contribution in [3.8, 4) is 5.75 Å². The van der Waals surface area contributed by atoms with Gasteiger partial charge in [0.05, 0.1) is 21.3 Å². The summed E-state index contributed by atoms with van der Waals surface area (Å²) in [4.78, 5) is 16.2. The molecule has 100 valence electrons. The van der Waals surface area contributed by atoms with E-state index in [0.29, 0.717) is 18.0 Å². The molecule has 6 heteroatoms. The summed E-state index contributed by atoms with van der Waals surface area (Å²) in [5.41, 5.74) is 1.24. The van der Waals surface area contributed by atoms with Gasteiger partial charge in [-0.25, -0.2) is 4.98 Å². The molecule has 19 heavy (non-hydrogen) atoms. The summed E-state index contributed by atoms with van der Waals surface area (Å²) in [6.45, 7) is 2.42. The van der Waals surface area contributed by atoms with Gasteiger partial charge in [0.15, 0.2) is 0 Å². The van der Waals surface area contributed by atoms with E-state index in [4.69, 9.17) is 11.6 Å². The summed E-state index contributed by atoms with van der Waals surface area (Å²) in [6, 6.07) is 4.29. The topological polar surface area (TPSA) is 62.2 Å². The van der Waals surface area contributed by atoms with E-state index in [9.17, 15) is 9.90 Å². The van der Waals surface area contributed by atoms with Crippen LogP contribution in [0.4, 0.5) is 0 Å². The van der Waals surface area contributed by atoms with Crippen LogP contribution in [0, 0.1) is 6.92 Å². The van der Waals surface area contributed by atoms with Crippen molar-refractivity contribution >= 4 is 28.8 Å². The van der Waals surface area contributed by atoms with Crippen LogP contribution in [-0.4, -0.2) is 22.5 Å². The van der Waals surface area contributed by atoms with Gasteiger partial charge in [-0.15, -0.1) is 11.3 Å². The Labute approximate surface area is 120 Å². The number of aromatic hydroxyl groups is 1. The van der Waals surface area contributed by atoms with Crippen molar-refractivity contribution in [3.05, 3.63) is 44.9 Å². The van der Waals surface area contributed by atoms with Gasteiger partial charge in [0.25, 0.3) is 5.91 Å². The molecule has 0 aliphatic heterocycles. The third kappa shape index (κ3) is 3.68. The second-order valence-corrected chi connectivity index (χ2v) is 5.50. The van der Waals surface area contributed by atoms with Crippen molar-refractivity contribution in [2.45, 2.75) is 13.3 Å². The van der Waals surface area contributed by atoms with E-state index in [0.717, 1.165) is 10.7 Å². The number of phenols is 1. The van der Waals surface area contributed by atoms with Crippen molar-refractivity contribution in [2.24, 2.45) is 0 Å². The zero-order chi connectivity index (χ0) is 13.8. The quantitative estimate of drug-likeness (QED) is 0.912. The molecular formula is C13H13ClN2O2S. The lowest BCUT2D eigenvalue weighted by Gasteiger charge is -2.06. The van der Waals surface area contributed by atoms with Gasteiger partial charge in [-0.05, 0) is 25.1 Å². The molecule has 0 saturated heterocycles. The minimum atomic E-state index is -0.298. The first-order valence-corrected chi connectivity index (χ1v) is 7.00. The predicted octanol–water partition coefficient (Wildman–Crippen LogP) is 2.78. The van der Waals surface area contributed by atoms with Gasteiger partial charge in [0.2, 0.25) is 0 Å². The maximum absolute atomic E-state index is 11.9. The van der Waals surface area contributed by atoms with Gasteiger partial charge in [0, 0.05) is 18.3 Å². The average Bonchev–Trinajstić information content (AvgIpc) is 2.78. The van der Waals surface area contributed by atoms with E-state index < -0.39 is 0 Å². The number of halogens is 1. The number of amides is 1. The molecule has 2 N–H and O–H groups in total. The highest BCUT2D eigenvalue weighted by atomic mass is 35.5. The number of benzene rings is 1. The molecule has 1 amide bonds. The normalized spacial score (nSPS) is 10.4. The Hall–Kier alpha value is -1.59. The second-order valence-electron chi connectivity index (χ2n) is 4.03. The smallest absolute Gasteiger partial charge is 0.252 e. The van der Waals surface area contributed by atoms with Crippen LogP contribution in [0.3, 0.4) is 0 Å². The summed E-state index contributed by atoms with van der Waals surface area (Å²) >= 11 is 7.49. The number of nitrogens with zero attached hydrogens (tertiary/aromatic N) is 1. The zero-order valence-corrected chi connectivity index (χ0v) is 11.9. The number of hydrogen-bond donors (Lipinski definition) is 2. The molecule has 1 aromatic carbocycles. The maximum atomic E-state index is 11.9. The first-order valence-electron chi connectivity index (χ1n) is 5.74. The fraction of sp³-hybridized carbons (Fsp3) is 0.231. The Bertz CT molecular complexity index is 598. The summed E-state index contributed by atoms with van der Waals surface area (Å²) in [7, 11) is 0. The van der Waals surface area contributed by atoms with Crippen molar-refractivity contribution in [2.75, 3.05) is 6.54 Å². The minimum Gasteiger partial charge on any atom is -0.508 e. The maximum Gasteiger partial charge on any atom is 0.252 e. The van der Waals surface area contributed by atoms with E-state index in [2.05, 4.69) is 10.3 Å². The van der Waals surface area contributed by atoms with E-state index in [1.807, 2.05) is 12.3 Å². The molecule has 0 bridgehead atoms. The second kappa shape index (κ2) is 6.04. The lowest BCUT2D eigenvalue weighted by molar-refractivity contribution is 0.0954. The Morgan fingerprint density at radius 1 is 1.53 bits per heavy atom. The van der Waals surface area contributed by atoms with Crippen LogP contribution in [0.2, 0.25) is 5.02 Å². The number of phenolic OH excluding ortho intramolecular Hbond substituents is 1. The molecule has 2 aromatic rings. The standard InChI is InChI=1S/C13H13ClN2O2S/c1-8-16-9(7-19-8)4-5-15-13(18)11-6-10(17)2-3-12(11)14/h2-3,6-7,17H,4-5H2,1H3,(H,15,18). The lowest BCUT2D eigenvalue weighted by atomic mass is 10.2. The average molecular weight is 297 g/mol. The van der Waals surface area contributed by atoms with Gasteiger partial charge in [-0.1, -0.05) is 11.6 Å². The van der Waals surface area contributed by atoms with Crippen molar-refractivity contribution in [3.63, 3.8) is 0 Å². The molecule has 4 nitrogen and oxygen atoms in total. The fourth-order valence-electron chi connectivity index (χ4n) is 1.61. The van der Waals surface area contributed by atoms with E-state index in [-0.39, 0.29) is 17.2 Å². The van der Waals surface area contributed by atoms with E-state index in [1.54, 1.807) is 11.3 Å². The van der Waals surface area contributed by atoms with Crippen molar-refractivity contribution in [1.82, 2.24) is 10.3 Å². The van der Waals surface area contributed by atoms with Gasteiger partial charge < -0.3 is 10.4 Å². The molecule has 1 heterocycles. The van der Waals surface area contributed by atoms with Crippen LogP contribution in [0.1, 0.15) is 21.1 Å². The highest BCUT2D eigenvalue weighted by molar-refractivity contribution is 7.09. The van der Waals surface area contributed by atoms with Gasteiger partial charge in [-0.2, -0.15) is 0 Å². The predicted molar refractivity (Wildman–Crippen MR) is 76.0 cm³/mol. The number of carbonyl (C=O) groups is 1. The number of nitrogens with one attached hydrogen (secondary N) is 1. The fourth-order valence-corrected chi connectivity index (χ4v) is 2.46. The van der Waals surface area contributed by atoms with Crippen molar-refractivity contribution < 1.29 is 9.90 Å². The largest absolute Gasteiger partial charge is 0.508 e. The van der Waals surface area contributed by atoms with Crippen molar-refractivity contribution in [1.29, 1.82) is 0 Å². The molecule has 0 spiro atoms. The Morgan fingerprint density at radius 3 is 3.00 bits per heavy atom. The molecule has 0 aliphatic carbocycles. The SMILES string of the molecule is Cc1nc(CCNC(=O)c2cc(O)ccc2Cl)cs1. The Kier molecular flexibility index (Phi) is 4.39. The van der Waals surface area contributed by atoms with Crippen LogP contribution in [0.5, 0.6) is 5.75 Å². The van der Waals surface area contributed by atoms with Crippen LogP contribution in [0.25, 0.3) is 0 Å². The first kappa shape index (κ1) is 13.8. The summed E-state index contributed by atoms with van der Waals surface area (Å²) in [5, 5.41) is 15.4. The molecule has 0 radical (unpaired) electrons. The minimum absolute atomic E-state index is 0.0182. The van der Waals surface area contributed by atoms with Crippen LogP contribution in [0.15, 0.2) is 23.6 Å². The molecule has 1 aromatic heterocycles. The molecule has 0 unspecified atom stereocenters. The molecule has 0 saturated carbocycles. The highest BCUT2D eigenvalue weighted by Gasteiger charge is 2.10. The van der Waals surface area contributed by atoms with Gasteiger partial charge >= 0.3 is 0 Å². The summed E-state index contributed by atoms with van der Waals surface area (Å²) in [5.74, 6) is -0.280. The monoisotopic (exact) mass is 296 g/mol. The number of hydrogen-bond acceptors (Lipinski definition) is 4. The Balaban J connectivity index is 1.92. The van der Waals surface area contributed by atoms with E-state index >= 15 is 0 Å². The van der Waals surface area contributed by atoms with Crippen LogP contribution in [-0.2, 0) is 6.42 Å². The van der Waals surface area contributed by atoms with Crippen LogP contribution >= 0.6 is 22.9 Å². The number of carbonyl (C=O) groups excluding carboxylic acids is 1. The summed E-state index contributed by atoms with van der Waals surface area (Å²) in [6.07, 6.45) is 0.673. The lowest BCUT2D eigenvalue weighted by Crippen LogP contribution is -2.26. The Morgan fingerprint density at radius 2 is 2.32 bits per heavy atom. The van der Waals surface area contributed by atoms with Gasteiger partial charge in [-0.3, -0.25) is 4.79 Å². The first-order chi connectivity index (χ1) is 9.06. The third-order valence-electron chi connectivity index (χ3n) is 2.53. The molecule has 0 aliphatic rings. The molecule has 2 rings (SSSR count). The highest BCUT2D eigenvalue weighted by Crippen LogP contribution is 2.20. The number of aromatic nitrogens is 1. The third-order valence-corrected chi connectivity index (χ3v) is 3.68. The summed E-state index contributed by atoms with van der Waals surface area (Å²) < 4.78 is 0. The molecular weight excluding hydrogens is 284 g/mol. The molecule has 0 fully saturated rings. The number of thiazole rings is 1. The van der Waals surface area contributed by atoms with E-state index in [1.165, 1.54) is 18.2 Å². The van der Waals surface area contributed by atoms with Crippen LogP contribution < -0.4 is 5.32 Å². The zero-order valence-electron chi connectivity index (χ0n) is 10.3. The molecule has 0 atom stereocenters. The number of rotatable bonds is 4. The van der Waals surface area contributed by atoms with Gasteiger partial charge in [0.1, 0.15) is 5.75 Å².